The van der Waals surface area contributed by atoms with Crippen LogP contribution in [-0.2, 0) is 16.0 Å². The molecule has 4 saturated heterocycles. The fourth-order valence-electron chi connectivity index (χ4n) is 7.69. The molecule has 5 aliphatic heterocycles. The van der Waals surface area contributed by atoms with Gasteiger partial charge in [0, 0.05) is 36.5 Å². The van der Waals surface area contributed by atoms with Gasteiger partial charge in [0.2, 0.25) is 0 Å². The zero-order valence-electron chi connectivity index (χ0n) is 24.6. The molecule has 1 spiro atoms. The van der Waals surface area contributed by atoms with E-state index >= 15 is 0 Å². The van der Waals surface area contributed by atoms with Gasteiger partial charge in [0.15, 0.2) is 6.73 Å². The number of amides is 1. The van der Waals surface area contributed by atoms with E-state index in [1.54, 1.807) is 23.1 Å². The Morgan fingerprint density at radius 1 is 0.978 bits per heavy atom. The number of halogens is 2. The van der Waals surface area contributed by atoms with Gasteiger partial charge in [-0.15, -0.1) is 0 Å². The largest absolute Gasteiger partial charge is 0.478 e. The maximum atomic E-state index is 13.7. The Hall–Kier alpha value is -3.50. The zero-order chi connectivity index (χ0) is 30.9. The van der Waals surface area contributed by atoms with Crippen molar-refractivity contribution in [2.24, 2.45) is 0 Å². The highest BCUT2D eigenvalue weighted by molar-refractivity contribution is 6.40. The molecular weight excluding hydrogens is 617 g/mol. The first kappa shape index (κ1) is 28.9. The second kappa shape index (κ2) is 11.1. The highest BCUT2D eigenvalue weighted by Crippen LogP contribution is 2.43. The first-order valence-corrected chi connectivity index (χ1v) is 16.2. The first-order chi connectivity index (χ1) is 21.8. The Kier molecular flexibility index (Phi) is 7.13. The lowest BCUT2D eigenvalue weighted by atomic mass is 9.90. The summed E-state index contributed by atoms with van der Waals surface area (Å²) in [4.78, 5) is 32.0. The third-order valence-corrected chi connectivity index (χ3v) is 10.5. The van der Waals surface area contributed by atoms with Crippen LogP contribution in [0.2, 0.25) is 10.0 Å². The van der Waals surface area contributed by atoms with E-state index in [4.69, 9.17) is 37.4 Å². The number of carbonyl (C=O) groups excluding carboxylic acids is 1. The predicted octanol–water partition coefficient (Wildman–Crippen LogP) is 6.09. The minimum Gasteiger partial charge on any atom is -0.478 e. The number of para-hydroxylation sites is 1. The van der Waals surface area contributed by atoms with Crippen molar-refractivity contribution in [2.75, 3.05) is 49.4 Å². The smallest absolute Gasteiger partial charge is 0.337 e. The minimum atomic E-state index is -0.954. The van der Waals surface area contributed by atoms with Crippen LogP contribution in [0.15, 0.2) is 48.5 Å². The molecule has 8 rings (SSSR count). The van der Waals surface area contributed by atoms with Gasteiger partial charge in [0.05, 0.1) is 58.7 Å². The lowest BCUT2D eigenvalue weighted by molar-refractivity contribution is -0.0180. The van der Waals surface area contributed by atoms with Crippen molar-refractivity contribution in [1.29, 1.82) is 0 Å². The van der Waals surface area contributed by atoms with Gasteiger partial charge in [-0.25, -0.2) is 4.79 Å². The second-order valence-electron chi connectivity index (χ2n) is 12.7. The lowest BCUT2D eigenvalue weighted by Gasteiger charge is -2.48. The molecule has 5 heterocycles. The van der Waals surface area contributed by atoms with E-state index in [1.165, 1.54) is 0 Å². The van der Waals surface area contributed by atoms with E-state index in [-0.39, 0.29) is 41.4 Å². The quantitative estimate of drug-likeness (QED) is 0.355. The van der Waals surface area contributed by atoms with Crippen LogP contribution in [0, 0.1) is 0 Å². The molecule has 3 aromatic carbocycles. The van der Waals surface area contributed by atoms with Gasteiger partial charge < -0.3 is 34.0 Å². The van der Waals surface area contributed by atoms with Crippen molar-refractivity contribution < 1.29 is 28.9 Å². The molecule has 4 fully saturated rings. The number of carboxylic acids is 1. The van der Waals surface area contributed by atoms with Crippen molar-refractivity contribution in [3.05, 3.63) is 75.3 Å². The summed E-state index contributed by atoms with van der Waals surface area (Å²) in [6.45, 7) is 3.92. The fraction of sp³-hybridized carbons (Fsp3) is 0.412. The number of anilines is 2. The highest BCUT2D eigenvalue weighted by atomic mass is 35.5. The van der Waals surface area contributed by atoms with Crippen LogP contribution in [0.1, 0.15) is 52.0 Å². The van der Waals surface area contributed by atoms with Gasteiger partial charge in [-0.2, -0.15) is 0 Å². The van der Waals surface area contributed by atoms with E-state index in [0.29, 0.717) is 41.2 Å². The van der Waals surface area contributed by atoms with E-state index < -0.39 is 5.97 Å². The van der Waals surface area contributed by atoms with Crippen LogP contribution < -0.4 is 14.5 Å². The van der Waals surface area contributed by atoms with Crippen molar-refractivity contribution in [3.8, 4) is 16.9 Å². The molecule has 1 N–H and O–H groups in total. The summed E-state index contributed by atoms with van der Waals surface area (Å²) in [7, 11) is 0. The maximum absolute atomic E-state index is 13.7. The van der Waals surface area contributed by atoms with Crippen molar-refractivity contribution in [1.82, 2.24) is 4.90 Å². The summed E-state index contributed by atoms with van der Waals surface area (Å²) in [6, 6.07) is 15.2. The molecule has 0 saturated carbocycles. The van der Waals surface area contributed by atoms with E-state index in [9.17, 15) is 14.7 Å². The Morgan fingerprint density at radius 3 is 2.42 bits per heavy atom. The number of aromatic carboxylic acids is 1. The van der Waals surface area contributed by atoms with Crippen LogP contribution in [0.5, 0.6) is 5.75 Å². The van der Waals surface area contributed by atoms with Crippen LogP contribution in [0.4, 0.5) is 11.4 Å². The van der Waals surface area contributed by atoms with E-state index in [0.717, 1.165) is 67.8 Å². The Morgan fingerprint density at radius 2 is 1.73 bits per heavy atom. The molecule has 0 radical (unpaired) electrons. The Bertz CT molecular complexity index is 1660. The number of morpholine rings is 1. The van der Waals surface area contributed by atoms with E-state index in [1.807, 2.05) is 30.3 Å². The second-order valence-corrected chi connectivity index (χ2v) is 13.5. The summed E-state index contributed by atoms with van der Waals surface area (Å²) in [5.74, 6) is -0.582. The summed E-state index contributed by atoms with van der Waals surface area (Å²) in [5, 5.41) is 10.6. The third kappa shape index (κ3) is 4.92. The van der Waals surface area contributed by atoms with Crippen molar-refractivity contribution in [3.63, 3.8) is 0 Å². The Labute approximate surface area is 271 Å². The van der Waals surface area contributed by atoms with Crippen LogP contribution in [0.25, 0.3) is 11.1 Å². The molecule has 2 atom stereocenters. The van der Waals surface area contributed by atoms with E-state index in [2.05, 4.69) is 9.80 Å². The SMILES string of the molecule is O=C(O)c1ccc(-c2cccc3c2OCN(C(=O)c2c(Cl)cc(N4CC5(CCCO5)C4)cc2Cl)C3)cc1N1C2CCC1COC2. The molecule has 9 nitrogen and oxygen atoms in total. The van der Waals surface area contributed by atoms with Gasteiger partial charge in [0.25, 0.3) is 5.91 Å². The number of carboxylic acid groups (broad SMARTS) is 1. The average molecular weight is 651 g/mol. The number of ether oxygens (including phenoxy) is 3. The number of hydrogen-bond acceptors (Lipinski definition) is 7. The number of benzene rings is 3. The number of nitrogens with zero attached hydrogens (tertiary/aromatic N) is 3. The molecule has 3 aromatic rings. The summed E-state index contributed by atoms with van der Waals surface area (Å²) in [5.41, 5.74) is 4.60. The topological polar surface area (TPSA) is 91.8 Å². The molecular formula is C34H33Cl2N3O6. The maximum Gasteiger partial charge on any atom is 0.337 e. The number of carbonyl (C=O) groups is 2. The third-order valence-electron chi connectivity index (χ3n) is 9.92. The molecule has 5 aliphatic rings. The monoisotopic (exact) mass is 649 g/mol. The molecule has 2 unspecified atom stereocenters. The number of rotatable bonds is 5. The molecule has 0 aromatic heterocycles. The summed E-state index contributed by atoms with van der Waals surface area (Å²) >= 11 is 13.4. The number of fused-ring (bicyclic) bond motifs is 3. The predicted molar refractivity (Wildman–Crippen MR) is 171 cm³/mol. The Balaban J connectivity index is 1.04. The van der Waals surface area contributed by atoms with Gasteiger partial charge in [-0.05, 0) is 55.5 Å². The summed E-state index contributed by atoms with van der Waals surface area (Å²) in [6.07, 6.45) is 4.10. The van der Waals surface area contributed by atoms with Crippen LogP contribution in [0.3, 0.4) is 0 Å². The summed E-state index contributed by atoms with van der Waals surface area (Å²) < 4.78 is 17.9. The molecule has 0 aliphatic carbocycles. The van der Waals surface area contributed by atoms with Gasteiger partial charge >= 0.3 is 5.97 Å². The fourth-order valence-corrected chi connectivity index (χ4v) is 8.33. The highest BCUT2D eigenvalue weighted by Gasteiger charge is 2.47. The average Bonchev–Trinajstić information content (AvgIpc) is 3.61. The van der Waals surface area contributed by atoms with Crippen molar-refractivity contribution in [2.45, 2.75) is 49.9 Å². The van der Waals surface area contributed by atoms with Gasteiger partial charge in [-0.1, -0.05) is 47.5 Å². The molecule has 11 heteroatoms. The normalized spacial score (nSPS) is 23.1. The van der Waals surface area contributed by atoms with Gasteiger partial charge in [0.1, 0.15) is 11.4 Å². The van der Waals surface area contributed by atoms with Crippen LogP contribution >= 0.6 is 23.2 Å². The molecule has 45 heavy (non-hydrogen) atoms. The standard InChI is InChI=1S/C34H33Cl2N3O6/c35-27-12-24(38-17-34(18-38)9-2-10-45-34)13-28(36)30(27)32(40)37-14-21-3-1-4-25(31(21)44-19-37)20-5-8-26(33(41)42)29(11-20)39-22-6-7-23(39)16-43-15-22/h1,3-5,8,11-13,22-23H,2,6-7,9-10,14-19H2,(H,41,42). The minimum absolute atomic E-state index is 0.0247. The first-order valence-electron chi connectivity index (χ1n) is 15.5. The van der Waals surface area contributed by atoms with Crippen molar-refractivity contribution >= 4 is 46.5 Å². The molecule has 2 bridgehead atoms. The number of hydrogen-bond donors (Lipinski definition) is 1. The van der Waals surface area contributed by atoms with Crippen LogP contribution in [-0.4, -0.2) is 79.2 Å². The molecule has 1 amide bonds. The zero-order valence-corrected chi connectivity index (χ0v) is 26.1. The lowest BCUT2D eigenvalue weighted by Crippen LogP contribution is -2.61. The molecule has 234 valence electrons. The van der Waals surface area contributed by atoms with Gasteiger partial charge in [-0.3, -0.25) is 4.79 Å².